The number of para-hydroxylation sites is 1. The number of nitro benzene ring substituents is 1. The van der Waals surface area contributed by atoms with Crippen molar-refractivity contribution in [3.05, 3.63) is 51.3 Å². The van der Waals surface area contributed by atoms with Crippen molar-refractivity contribution in [1.82, 2.24) is 15.6 Å². The lowest BCUT2D eigenvalue weighted by Crippen LogP contribution is -2.18. The highest BCUT2D eigenvalue weighted by atomic mass is 16.6. The van der Waals surface area contributed by atoms with Gasteiger partial charge >= 0.3 is 5.69 Å². The number of hydrazone groups is 1. The Morgan fingerprint density at radius 3 is 2.75 bits per heavy atom. The van der Waals surface area contributed by atoms with Gasteiger partial charge in [0.15, 0.2) is 5.69 Å². The average molecular weight is 331 g/mol. The highest BCUT2D eigenvalue weighted by molar-refractivity contribution is 5.93. The van der Waals surface area contributed by atoms with Crippen molar-refractivity contribution in [3.8, 4) is 5.75 Å². The van der Waals surface area contributed by atoms with Crippen LogP contribution < -0.4 is 5.43 Å². The minimum absolute atomic E-state index is 0.113. The molecule has 24 heavy (non-hydrogen) atoms. The SMILES string of the molecule is CC(C)(C)c1cc(C(=O)N/N=C/c2cccc([N+](=O)[O-])c2O)n[nH]1. The standard InChI is InChI=1S/C15H17N5O4/c1-15(2,3)12-7-10(17-18-12)14(22)19-16-8-9-5-4-6-11(13(9)21)20(23)24/h4-8,21H,1-3H3,(H,17,18)(H,19,22)/b16-8+. The molecule has 9 heteroatoms. The Balaban J connectivity index is 2.09. The Labute approximate surface area is 137 Å². The summed E-state index contributed by atoms with van der Waals surface area (Å²) in [5.41, 5.74) is 2.72. The number of nitro groups is 1. The van der Waals surface area contributed by atoms with Gasteiger partial charge in [0.25, 0.3) is 5.91 Å². The fourth-order valence-corrected chi connectivity index (χ4v) is 1.84. The molecule has 1 aromatic carbocycles. The quantitative estimate of drug-likeness (QED) is 0.448. The van der Waals surface area contributed by atoms with Crippen molar-refractivity contribution < 1.29 is 14.8 Å². The topological polar surface area (TPSA) is 134 Å². The highest BCUT2D eigenvalue weighted by Crippen LogP contribution is 2.27. The van der Waals surface area contributed by atoms with E-state index < -0.39 is 22.3 Å². The van der Waals surface area contributed by atoms with Gasteiger partial charge in [0.1, 0.15) is 0 Å². The first-order valence-electron chi connectivity index (χ1n) is 7.06. The van der Waals surface area contributed by atoms with Gasteiger partial charge < -0.3 is 5.11 Å². The summed E-state index contributed by atoms with van der Waals surface area (Å²) in [5.74, 6) is -1.06. The summed E-state index contributed by atoms with van der Waals surface area (Å²) in [4.78, 5) is 22.0. The highest BCUT2D eigenvalue weighted by Gasteiger charge is 2.19. The molecule has 3 N–H and O–H groups in total. The summed E-state index contributed by atoms with van der Waals surface area (Å²) in [6.45, 7) is 5.93. The lowest BCUT2D eigenvalue weighted by Gasteiger charge is -2.14. The molecule has 0 saturated heterocycles. The van der Waals surface area contributed by atoms with Crippen LogP contribution in [-0.4, -0.2) is 32.3 Å². The maximum Gasteiger partial charge on any atom is 0.311 e. The number of hydrogen-bond donors (Lipinski definition) is 3. The molecule has 0 aliphatic carbocycles. The molecule has 0 radical (unpaired) electrons. The first-order chi connectivity index (χ1) is 11.2. The second kappa shape index (κ2) is 6.49. The Morgan fingerprint density at radius 2 is 2.17 bits per heavy atom. The first-order valence-corrected chi connectivity index (χ1v) is 7.06. The van der Waals surface area contributed by atoms with Gasteiger partial charge in [-0.3, -0.25) is 20.0 Å². The van der Waals surface area contributed by atoms with Crippen LogP contribution in [0.3, 0.4) is 0 Å². The molecule has 0 aliphatic heterocycles. The lowest BCUT2D eigenvalue weighted by molar-refractivity contribution is -0.385. The zero-order valence-corrected chi connectivity index (χ0v) is 13.4. The largest absolute Gasteiger partial charge is 0.502 e. The number of carbonyl (C=O) groups is 1. The molecular formula is C15H17N5O4. The summed E-state index contributed by atoms with van der Waals surface area (Å²) < 4.78 is 0. The van der Waals surface area contributed by atoms with Gasteiger partial charge in [-0.05, 0) is 12.1 Å². The van der Waals surface area contributed by atoms with Gasteiger partial charge in [-0.1, -0.05) is 26.8 Å². The van der Waals surface area contributed by atoms with Crippen LogP contribution >= 0.6 is 0 Å². The van der Waals surface area contributed by atoms with E-state index in [1.54, 1.807) is 6.07 Å². The summed E-state index contributed by atoms with van der Waals surface area (Å²) in [7, 11) is 0. The zero-order valence-electron chi connectivity index (χ0n) is 13.4. The third-order valence-electron chi connectivity index (χ3n) is 3.23. The van der Waals surface area contributed by atoms with Crippen LogP contribution in [0.25, 0.3) is 0 Å². The number of amides is 1. The smallest absolute Gasteiger partial charge is 0.311 e. The van der Waals surface area contributed by atoms with Crippen molar-refractivity contribution >= 4 is 17.8 Å². The molecule has 126 valence electrons. The second-order valence-electron chi connectivity index (χ2n) is 6.09. The van der Waals surface area contributed by atoms with Gasteiger partial charge in [-0.25, -0.2) is 5.43 Å². The number of nitrogens with one attached hydrogen (secondary N) is 2. The van der Waals surface area contributed by atoms with E-state index in [1.807, 2.05) is 20.8 Å². The van der Waals surface area contributed by atoms with Gasteiger partial charge in [-0.15, -0.1) is 0 Å². The Hall–Kier alpha value is -3.23. The van der Waals surface area contributed by atoms with Crippen LogP contribution in [0, 0.1) is 10.1 Å². The third kappa shape index (κ3) is 3.75. The minimum atomic E-state index is -0.705. The molecule has 1 amide bonds. The van der Waals surface area contributed by atoms with E-state index in [9.17, 15) is 20.0 Å². The van der Waals surface area contributed by atoms with Crippen LogP contribution in [0.2, 0.25) is 0 Å². The van der Waals surface area contributed by atoms with E-state index >= 15 is 0 Å². The van der Waals surface area contributed by atoms with Crippen LogP contribution in [0.5, 0.6) is 5.75 Å². The molecule has 9 nitrogen and oxygen atoms in total. The molecule has 0 atom stereocenters. The van der Waals surface area contributed by atoms with Gasteiger partial charge in [0, 0.05) is 22.7 Å². The summed E-state index contributed by atoms with van der Waals surface area (Å²) >= 11 is 0. The third-order valence-corrected chi connectivity index (χ3v) is 3.23. The number of H-pyrrole nitrogens is 1. The van der Waals surface area contributed by atoms with E-state index in [2.05, 4.69) is 20.7 Å². The van der Waals surface area contributed by atoms with Crippen LogP contribution in [0.4, 0.5) is 5.69 Å². The first kappa shape index (κ1) is 17.1. The summed E-state index contributed by atoms with van der Waals surface area (Å²) in [6, 6.07) is 5.63. The maximum absolute atomic E-state index is 12.0. The van der Waals surface area contributed by atoms with Crippen molar-refractivity contribution in [2.45, 2.75) is 26.2 Å². The number of nitrogens with zero attached hydrogens (tertiary/aromatic N) is 3. The lowest BCUT2D eigenvalue weighted by atomic mass is 9.92. The monoisotopic (exact) mass is 331 g/mol. The Morgan fingerprint density at radius 1 is 1.46 bits per heavy atom. The van der Waals surface area contributed by atoms with E-state index in [-0.39, 0.29) is 16.7 Å². The maximum atomic E-state index is 12.0. The number of aromatic hydroxyl groups is 1. The Kier molecular flexibility index (Phi) is 4.63. The fraction of sp³-hybridized carbons (Fsp3) is 0.267. The van der Waals surface area contributed by atoms with Crippen LogP contribution in [0.15, 0.2) is 29.4 Å². The zero-order chi connectivity index (χ0) is 17.9. The number of aromatic amines is 1. The molecule has 0 aliphatic rings. The number of carbonyl (C=O) groups excluding carboxylic acids is 1. The van der Waals surface area contributed by atoms with Crippen LogP contribution in [-0.2, 0) is 5.41 Å². The van der Waals surface area contributed by atoms with Crippen molar-refractivity contribution in [2.24, 2.45) is 5.10 Å². The molecule has 2 rings (SSSR count). The number of aromatic nitrogens is 2. The second-order valence-corrected chi connectivity index (χ2v) is 6.09. The predicted molar refractivity (Wildman–Crippen MR) is 87.1 cm³/mol. The van der Waals surface area contributed by atoms with E-state index in [4.69, 9.17) is 0 Å². The van der Waals surface area contributed by atoms with Crippen molar-refractivity contribution in [1.29, 1.82) is 0 Å². The number of rotatable bonds is 4. The molecule has 2 aromatic rings. The molecule has 0 bridgehead atoms. The molecule has 1 heterocycles. The fourth-order valence-electron chi connectivity index (χ4n) is 1.84. The molecule has 0 saturated carbocycles. The average Bonchev–Trinajstić information content (AvgIpc) is 2.98. The molecular weight excluding hydrogens is 314 g/mol. The molecule has 0 unspecified atom stereocenters. The van der Waals surface area contributed by atoms with Crippen LogP contribution in [0.1, 0.15) is 42.5 Å². The van der Waals surface area contributed by atoms with Gasteiger partial charge in [-0.2, -0.15) is 10.2 Å². The van der Waals surface area contributed by atoms with Gasteiger partial charge in [0.05, 0.1) is 11.1 Å². The summed E-state index contributed by atoms with van der Waals surface area (Å²) in [5, 5.41) is 30.9. The van der Waals surface area contributed by atoms with Crippen molar-refractivity contribution in [2.75, 3.05) is 0 Å². The molecule has 0 spiro atoms. The molecule has 0 fully saturated rings. The number of phenolic OH excluding ortho intramolecular Hbond substituents is 1. The summed E-state index contributed by atoms with van der Waals surface area (Å²) in [6.07, 6.45) is 1.12. The Bertz CT molecular complexity index is 804. The number of benzene rings is 1. The molecule has 1 aromatic heterocycles. The van der Waals surface area contributed by atoms with E-state index in [1.165, 1.54) is 18.2 Å². The predicted octanol–water partition coefficient (Wildman–Crippen LogP) is 2.08. The van der Waals surface area contributed by atoms with E-state index in [0.717, 1.165) is 11.9 Å². The van der Waals surface area contributed by atoms with E-state index in [0.29, 0.717) is 0 Å². The van der Waals surface area contributed by atoms with Gasteiger partial charge in [0.2, 0.25) is 5.75 Å². The minimum Gasteiger partial charge on any atom is -0.502 e. The van der Waals surface area contributed by atoms with Crippen molar-refractivity contribution in [3.63, 3.8) is 0 Å². The normalized spacial score (nSPS) is 11.6. The number of hydrogen-bond acceptors (Lipinski definition) is 6. The number of phenols is 1.